The van der Waals surface area contributed by atoms with E-state index in [1.165, 1.54) is 29.2 Å². The van der Waals surface area contributed by atoms with Gasteiger partial charge >= 0.3 is 5.97 Å². The van der Waals surface area contributed by atoms with Crippen molar-refractivity contribution in [2.75, 3.05) is 0 Å². The number of hydrogen-bond donors (Lipinski definition) is 0. The van der Waals surface area contributed by atoms with Crippen molar-refractivity contribution in [1.29, 1.82) is 0 Å². The largest absolute Gasteiger partial charge is 0.426 e. The van der Waals surface area contributed by atoms with Gasteiger partial charge in [0, 0.05) is 6.92 Å². The van der Waals surface area contributed by atoms with Crippen molar-refractivity contribution >= 4 is 11.5 Å². The molecule has 1 rings (SSSR count). The quantitative estimate of drug-likeness (QED) is 0.143. The maximum atomic E-state index is 11.5. The summed E-state index contributed by atoms with van der Waals surface area (Å²) in [5, 5.41) is 0. The zero-order valence-electron chi connectivity index (χ0n) is 23.4. The highest BCUT2D eigenvalue weighted by molar-refractivity contribution is 5.71. The molecule has 0 fully saturated rings. The number of ether oxygens (including phenoxy) is 1. The van der Waals surface area contributed by atoms with Gasteiger partial charge in [-0.1, -0.05) is 72.6 Å². The van der Waals surface area contributed by atoms with Gasteiger partial charge < -0.3 is 4.74 Å². The summed E-state index contributed by atoms with van der Waals surface area (Å²) in [5.41, 5.74) is 9.00. The molecule has 0 spiro atoms. The minimum absolute atomic E-state index is 0.286. The summed E-state index contributed by atoms with van der Waals surface area (Å²) in [7, 11) is 0. The number of benzene rings is 1. The van der Waals surface area contributed by atoms with Gasteiger partial charge in [0.1, 0.15) is 5.75 Å². The minimum Gasteiger partial charge on any atom is -0.426 e. The molecule has 0 aliphatic rings. The first-order valence-electron chi connectivity index (χ1n) is 13.2. The minimum atomic E-state index is -0.286. The Hall–Kier alpha value is -2.61. The number of carbonyl (C=O) groups excluding carboxylic acids is 1. The van der Waals surface area contributed by atoms with Gasteiger partial charge in [0.05, 0.1) is 0 Å². The standard InChI is InChI=1S/C33H48O2/c1-9-13-29(7)31-22-23-33(35-30(8)34)32(24-31)21-20-28(6)19-12-18-27(5)17-11-16-26(4)15-10-14-25(2)3/h14,16,18,20,22-24H,7,9-13,15,17,19,21H2,1-6,8H3/b26-16+,27-18+,28-20+. The molecule has 0 N–H and O–H groups in total. The van der Waals surface area contributed by atoms with Gasteiger partial charge in [0.2, 0.25) is 0 Å². The van der Waals surface area contributed by atoms with Crippen LogP contribution in [0, 0.1) is 0 Å². The Balaban J connectivity index is 2.64. The van der Waals surface area contributed by atoms with Gasteiger partial charge in [-0.05, 0) is 115 Å². The zero-order chi connectivity index (χ0) is 26.2. The van der Waals surface area contributed by atoms with E-state index in [1.807, 2.05) is 12.1 Å². The maximum absolute atomic E-state index is 11.5. The van der Waals surface area contributed by atoms with Crippen molar-refractivity contribution in [3.8, 4) is 5.75 Å². The summed E-state index contributed by atoms with van der Waals surface area (Å²) < 4.78 is 5.46. The number of rotatable bonds is 15. The Morgan fingerprint density at radius 3 is 1.86 bits per heavy atom. The zero-order valence-corrected chi connectivity index (χ0v) is 23.4. The van der Waals surface area contributed by atoms with Crippen LogP contribution in [-0.4, -0.2) is 5.97 Å². The van der Waals surface area contributed by atoms with Crippen LogP contribution in [0.15, 0.2) is 71.4 Å². The Bertz CT molecular complexity index is 949. The van der Waals surface area contributed by atoms with Gasteiger partial charge in [0.25, 0.3) is 0 Å². The molecular weight excluding hydrogens is 428 g/mol. The highest BCUT2D eigenvalue weighted by Gasteiger charge is 2.09. The summed E-state index contributed by atoms with van der Waals surface area (Å²) in [6.07, 6.45) is 18.8. The molecule has 0 amide bonds. The maximum Gasteiger partial charge on any atom is 0.308 e. The predicted molar refractivity (Wildman–Crippen MR) is 154 cm³/mol. The third-order valence-electron chi connectivity index (χ3n) is 6.10. The third kappa shape index (κ3) is 13.8. The van der Waals surface area contributed by atoms with E-state index < -0.39 is 0 Å². The second-order valence-corrected chi connectivity index (χ2v) is 10.0. The Morgan fingerprint density at radius 2 is 1.34 bits per heavy atom. The molecule has 1 aromatic carbocycles. The molecule has 0 bridgehead atoms. The lowest BCUT2D eigenvalue weighted by Gasteiger charge is -2.12. The Kier molecular flexibility index (Phi) is 14.7. The summed E-state index contributed by atoms with van der Waals surface area (Å²) in [6.45, 7) is 18.8. The van der Waals surface area contributed by atoms with E-state index >= 15 is 0 Å². The number of esters is 1. The topological polar surface area (TPSA) is 26.3 Å². The van der Waals surface area contributed by atoms with E-state index in [-0.39, 0.29) is 5.97 Å². The Morgan fingerprint density at radius 1 is 0.800 bits per heavy atom. The molecular formula is C33H48O2. The van der Waals surface area contributed by atoms with Crippen molar-refractivity contribution in [3.63, 3.8) is 0 Å². The SMILES string of the molecule is C=C(CCC)c1ccc(OC(C)=O)c(C/C=C(\C)CC/C=C(\C)CC/C=C(\C)CCC=C(C)C)c1. The molecule has 0 aliphatic carbocycles. The number of allylic oxidation sites excluding steroid dienone is 9. The Labute approximate surface area is 215 Å². The van der Waals surface area contributed by atoms with Crippen molar-refractivity contribution in [3.05, 3.63) is 82.5 Å². The van der Waals surface area contributed by atoms with E-state index in [0.717, 1.165) is 74.5 Å². The second-order valence-electron chi connectivity index (χ2n) is 10.0. The van der Waals surface area contributed by atoms with Crippen LogP contribution in [0.2, 0.25) is 0 Å². The highest BCUT2D eigenvalue weighted by atomic mass is 16.5. The van der Waals surface area contributed by atoms with Crippen molar-refractivity contribution in [1.82, 2.24) is 0 Å². The van der Waals surface area contributed by atoms with E-state index in [4.69, 9.17) is 4.74 Å². The molecule has 0 unspecified atom stereocenters. The molecule has 0 radical (unpaired) electrons. The molecule has 2 nitrogen and oxygen atoms in total. The summed E-state index contributed by atoms with van der Waals surface area (Å²) in [5.74, 6) is 0.361. The second kappa shape index (κ2) is 16.9. The van der Waals surface area contributed by atoms with E-state index in [2.05, 4.69) is 78.5 Å². The fraction of sp³-hybridized carbons (Fsp3) is 0.485. The van der Waals surface area contributed by atoms with Crippen molar-refractivity contribution in [2.45, 2.75) is 106 Å². The normalized spacial score (nSPS) is 12.5. The summed E-state index contributed by atoms with van der Waals surface area (Å²) >= 11 is 0. The van der Waals surface area contributed by atoms with Gasteiger partial charge in [0.15, 0.2) is 0 Å². The molecule has 2 heteroatoms. The molecule has 0 heterocycles. The predicted octanol–water partition coefficient (Wildman–Crippen LogP) is 10.1. The van der Waals surface area contributed by atoms with Crippen LogP contribution < -0.4 is 4.74 Å². The van der Waals surface area contributed by atoms with Crippen LogP contribution in [0.1, 0.15) is 111 Å². The average Bonchev–Trinajstić information content (AvgIpc) is 2.78. The first kappa shape index (κ1) is 30.4. The van der Waals surface area contributed by atoms with Gasteiger partial charge in [-0.2, -0.15) is 0 Å². The van der Waals surface area contributed by atoms with Gasteiger partial charge in [-0.3, -0.25) is 4.79 Å². The third-order valence-corrected chi connectivity index (χ3v) is 6.10. The van der Waals surface area contributed by atoms with Crippen LogP contribution in [-0.2, 0) is 11.2 Å². The summed E-state index contributed by atoms with van der Waals surface area (Å²) in [6, 6.07) is 6.03. The molecule has 192 valence electrons. The molecule has 35 heavy (non-hydrogen) atoms. The molecule has 0 atom stereocenters. The average molecular weight is 477 g/mol. The number of carbonyl (C=O) groups is 1. The monoisotopic (exact) mass is 476 g/mol. The molecule has 0 aromatic heterocycles. The van der Waals surface area contributed by atoms with Crippen LogP contribution in [0.3, 0.4) is 0 Å². The first-order valence-corrected chi connectivity index (χ1v) is 13.2. The lowest BCUT2D eigenvalue weighted by molar-refractivity contribution is -0.131. The highest BCUT2D eigenvalue weighted by Crippen LogP contribution is 2.27. The lowest BCUT2D eigenvalue weighted by atomic mass is 9.98. The first-order chi connectivity index (χ1) is 16.6. The van der Waals surface area contributed by atoms with Crippen LogP contribution in [0.5, 0.6) is 5.75 Å². The smallest absolute Gasteiger partial charge is 0.308 e. The molecule has 0 saturated carbocycles. The molecule has 1 aromatic rings. The lowest BCUT2D eigenvalue weighted by Crippen LogP contribution is -2.04. The van der Waals surface area contributed by atoms with Gasteiger partial charge in [-0.25, -0.2) is 0 Å². The van der Waals surface area contributed by atoms with Gasteiger partial charge in [-0.15, -0.1) is 0 Å². The van der Waals surface area contributed by atoms with E-state index in [1.54, 1.807) is 0 Å². The summed E-state index contributed by atoms with van der Waals surface area (Å²) in [4.78, 5) is 11.5. The van der Waals surface area contributed by atoms with Crippen molar-refractivity contribution in [2.24, 2.45) is 0 Å². The van der Waals surface area contributed by atoms with Crippen LogP contribution in [0.25, 0.3) is 5.57 Å². The van der Waals surface area contributed by atoms with Crippen molar-refractivity contribution < 1.29 is 9.53 Å². The molecule has 0 aliphatic heterocycles. The number of hydrogen-bond acceptors (Lipinski definition) is 2. The molecule has 0 saturated heterocycles. The van der Waals surface area contributed by atoms with E-state index in [0.29, 0.717) is 5.75 Å². The van der Waals surface area contributed by atoms with Crippen LogP contribution >= 0.6 is 0 Å². The van der Waals surface area contributed by atoms with E-state index in [9.17, 15) is 4.79 Å². The fourth-order valence-electron chi connectivity index (χ4n) is 3.93. The van der Waals surface area contributed by atoms with Crippen LogP contribution in [0.4, 0.5) is 0 Å². The fourth-order valence-corrected chi connectivity index (χ4v) is 3.93.